The number of hydrogen-bond donors (Lipinski definition) is 2. The molecule has 0 unspecified atom stereocenters. The largest absolute Gasteiger partial charge is 0.302 e. The second-order valence-electron chi connectivity index (χ2n) is 7.84. The molecule has 0 spiro atoms. The van der Waals surface area contributed by atoms with Crippen molar-refractivity contribution in [1.82, 2.24) is 25.2 Å². The van der Waals surface area contributed by atoms with Gasteiger partial charge in [0.05, 0.1) is 39.3 Å². The molecule has 178 valence electrons. The lowest BCUT2D eigenvalue weighted by atomic mass is 9.95. The lowest BCUT2D eigenvalue weighted by Crippen LogP contribution is -2.23. The van der Waals surface area contributed by atoms with Gasteiger partial charge < -0.3 is 5.32 Å². The molecule has 5 rings (SSSR count). The van der Waals surface area contributed by atoms with Crippen molar-refractivity contribution in [1.29, 1.82) is 0 Å². The molecule has 1 aliphatic rings. The Morgan fingerprint density at radius 1 is 1.26 bits per heavy atom. The molecule has 0 aliphatic heterocycles. The van der Waals surface area contributed by atoms with E-state index in [1.165, 1.54) is 18.3 Å². The van der Waals surface area contributed by atoms with Crippen molar-refractivity contribution in [2.75, 3.05) is 11.9 Å². The lowest BCUT2D eigenvalue weighted by Gasteiger charge is -2.15. The van der Waals surface area contributed by atoms with Gasteiger partial charge in [-0.3, -0.25) is 19.4 Å². The highest BCUT2D eigenvalue weighted by molar-refractivity contribution is 7.19. The molecule has 4 aromatic rings. The van der Waals surface area contributed by atoms with Crippen LogP contribution in [0.15, 0.2) is 42.7 Å². The van der Waals surface area contributed by atoms with Crippen LogP contribution in [0.4, 0.5) is 5.13 Å². The Labute approximate surface area is 210 Å². The molecule has 11 heteroatoms. The van der Waals surface area contributed by atoms with Crippen LogP contribution in [0.25, 0.3) is 27.5 Å². The van der Waals surface area contributed by atoms with Crippen LogP contribution in [-0.4, -0.2) is 38.2 Å². The number of nitrogens with zero attached hydrogens (tertiary/aromatic N) is 4. The van der Waals surface area contributed by atoms with Gasteiger partial charge in [-0.05, 0) is 50.1 Å². The molecule has 35 heavy (non-hydrogen) atoms. The molecule has 3 aromatic heterocycles. The SMILES string of the molecule is CCONC(=O)c1ccc(-n2nc(-c3cccnc3)c3c2-c2sc(NC(C)=O)nc2CC3)c(Cl)c1. The van der Waals surface area contributed by atoms with Crippen molar-refractivity contribution in [3.05, 3.63) is 64.6 Å². The molecular formula is C24H21ClN6O3S. The Balaban J connectivity index is 1.66. The van der Waals surface area contributed by atoms with E-state index in [2.05, 4.69) is 20.8 Å². The fourth-order valence-corrected chi connectivity index (χ4v) is 5.38. The van der Waals surface area contributed by atoms with Gasteiger partial charge in [0, 0.05) is 36.0 Å². The Morgan fingerprint density at radius 3 is 2.83 bits per heavy atom. The zero-order valence-electron chi connectivity index (χ0n) is 19.0. The van der Waals surface area contributed by atoms with E-state index in [4.69, 9.17) is 21.5 Å². The quantitative estimate of drug-likeness (QED) is 0.372. The first-order valence-corrected chi connectivity index (χ1v) is 12.2. The van der Waals surface area contributed by atoms with Gasteiger partial charge in [0.15, 0.2) is 5.13 Å². The highest BCUT2D eigenvalue weighted by Crippen LogP contribution is 2.44. The van der Waals surface area contributed by atoms with Crippen LogP contribution in [0.1, 0.15) is 35.5 Å². The Kier molecular flexibility index (Phi) is 6.33. The average Bonchev–Trinajstić information content (AvgIpc) is 3.43. The van der Waals surface area contributed by atoms with E-state index in [0.717, 1.165) is 45.9 Å². The van der Waals surface area contributed by atoms with Crippen LogP contribution in [0.2, 0.25) is 5.02 Å². The van der Waals surface area contributed by atoms with Crippen molar-refractivity contribution in [2.45, 2.75) is 26.7 Å². The Hall–Kier alpha value is -3.60. The maximum atomic E-state index is 12.3. The van der Waals surface area contributed by atoms with Gasteiger partial charge in [-0.25, -0.2) is 15.1 Å². The van der Waals surface area contributed by atoms with Gasteiger partial charge in [-0.1, -0.05) is 22.9 Å². The molecule has 0 atom stereocenters. The van der Waals surface area contributed by atoms with Crippen molar-refractivity contribution in [3.8, 4) is 27.5 Å². The number of carbonyl (C=O) groups is 2. The van der Waals surface area contributed by atoms with E-state index >= 15 is 0 Å². The van der Waals surface area contributed by atoms with Crippen LogP contribution in [0.3, 0.4) is 0 Å². The summed E-state index contributed by atoms with van der Waals surface area (Å²) in [7, 11) is 0. The van der Waals surface area contributed by atoms with Crippen LogP contribution in [0, 0.1) is 0 Å². The normalized spacial score (nSPS) is 12.1. The van der Waals surface area contributed by atoms with E-state index in [-0.39, 0.29) is 11.8 Å². The Bertz CT molecular complexity index is 1430. The molecule has 2 N–H and O–H groups in total. The fourth-order valence-electron chi connectivity index (χ4n) is 4.00. The fraction of sp³-hybridized carbons (Fsp3) is 0.208. The molecular weight excluding hydrogens is 488 g/mol. The van der Waals surface area contributed by atoms with Crippen LogP contribution >= 0.6 is 22.9 Å². The van der Waals surface area contributed by atoms with E-state index < -0.39 is 0 Å². The van der Waals surface area contributed by atoms with Gasteiger partial charge in [0.1, 0.15) is 0 Å². The van der Waals surface area contributed by atoms with Crippen LogP contribution in [-0.2, 0) is 22.5 Å². The van der Waals surface area contributed by atoms with Gasteiger partial charge in [0.25, 0.3) is 5.91 Å². The second-order valence-corrected chi connectivity index (χ2v) is 9.24. The number of halogens is 1. The summed E-state index contributed by atoms with van der Waals surface area (Å²) < 4.78 is 1.79. The van der Waals surface area contributed by atoms with Crippen molar-refractivity contribution >= 4 is 39.9 Å². The number of nitrogens with one attached hydrogen (secondary N) is 2. The molecule has 1 aliphatic carbocycles. The van der Waals surface area contributed by atoms with E-state index in [9.17, 15) is 9.59 Å². The zero-order chi connectivity index (χ0) is 24.5. The summed E-state index contributed by atoms with van der Waals surface area (Å²) in [5.41, 5.74) is 7.88. The molecule has 0 radical (unpaired) electrons. The van der Waals surface area contributed by atoms with Gasteiger partial charge in [0.2, 0.25) is 5.91 Å². The first kappa shape index (κ1) is 23.2. The number of amides is 2. The zero-order valence-corrected chi connectivity index (χ0v) is 20.5. The number of pyridine rings is 1. The van der Waals surface area contributed by atoms with Gasteiger partial charge >= 0.3 is 0 Å². The summed E-state index contributed by atoms with van der Waals surface area (Å²) in [5, 5.41) is 8.63. The first-order valence-electron chi connectivity index (χ1n) is 11.0. The average molecular weight is 509 g/mol. The number of carbonyl (C=O) groups excluding carboxylic acids is 2. The van der Waals surface area contributed by atoms with Gasteiger partial charge in [-0.2, -0.15) is 5.10 Å². The maximum Gasteiger partial charge on any atom is 0.274 e. The number of hydrogen-bond acceptors (Lipinski definition) is 7. The number of anilines is 1. The summed E-state index contributed by atoms with van der Waals surface area (Å²) in [5.74, 6) is -0.562. The number of rotatable bonds is 6. The van der Waals surface area contributed by atoms with Gasteiger partial charge in [-0.15, -0.1) is 0 Å². The molecule has 0 saturated heterocycles. The number of fused-ring (bicyclic) bond motifs is 3. The first-order chi connectivity index (χ1) is 17.0. The second kappa shape index (κ2) is 9.57. The predicted octanol–water partition coefficient (Wildman–Crippen LogP) is 4.45. The topological polar surface area (TPSA) is 111 Å². The molecule has 2 amide bonds. The number of hydroxylamine groups is 1. The minimum atomic E-state index is -0.386. The summed E-state index contributed by atoms with van der Waals surface area (Å²) in [6.45, 7) is 3.59. The summed E-state index contributed by atoms with van der Waals surface area (Å²) in [4.78, 5) is 38.7. The lowest BCUT2D eigenvalue weighted by molar-refractivity contribution is -0.114. The summed E-state index contributed by atoms with van der Waals surface area (Å²) in [6, 6.07) is 8.85. The molecule has 0 bridgehead atoms. The standard InChI is InChI=1S/C24H21ClN6O3S/c1-3-34-30-23(33)14-6-9-19(17(25)11-14)31-21-16(20(29-31)15-5-4-10-26-12-15)7-8-18-22(21)35-24(28-18)27-13(2)32/h4-6,9-12H,3,7-8H2,1-2H3,(H,30,33)(H,27,28,32). The third-order valence-corrected chi connectivity index (χ3v) is 6.80. The highest BCUT2D eigenvalue weighted by Gasteiger charge is 2.30. The smallest absolute Gasteiger partial charge is 0.274 e. The number of aryl methyl sites for hydroxylation is 1. The molecule has 1 aromatic carbocycles. The minimum absolute atomic E-state index is 0.176. The van der Waals surface area contributed by atoms with Crippen molar-refractivity contribution in [3.63, 3.8) is 0 Å². The van der Waals surface area contributed by atoms with Crippen molar-refractivity contribution in [2.24, 2.45) is 0 Å². The monoisotopic (exact) mass is 508 g/mol. The summed E-state index contributed by atoms with van der Waals surface area (Å²) >= 11 is 8.08. The third-order valence-electron chi connectivity index (χ3n) is 5.47. The van der Waals surface area contributed by atoms with Crippen molar-refractivity contribution < 1.29 is 14.4 Å². The van der Waals surface area contributed by atoms with Crippen LogP contribution < -0.4 is 10.8 Å². The molecule has 3 heterocycles. The third kappa shape index (κ3) is 4.43. The number of benzene rings is 1. The maximum absolute atomic E-state index is 12.3. The predicted molar refractivity (Wildman–Crippen MR) is 134 cm³/mol. The van der Waals surface area contributed by atoms with Crippen LogP contribution in [0.5, 0.6) is 0 Å². The van der Waals surface area contributed by atoms with E-state index in [1.807, 2.05) is 12.1 Å². The number of thiazole rings is 1. The highest BCUT2D eigenvalue weighted by atomic mass is 35.5. The summed E-state index contributed by atoms with van der Waals surface area (Å²) in [6.07, 6.45) is 4.95. The Morgan fingerprint density at radius 2 is 2.11 bits per heavy atom. The van der Waals surface area contributed by atoms with E-state index in [1.54, 1.807) is 42.2 Å². The number of aromatic nitrogens is 4. The molecule has 0 fully saturated rings. The minimum Gasteiger partial charge on any atom is -0.302 e. The van der Waals surface area contributed by atoms with E-state index in [0.29, 0.717) is 28.0 Å². The molecule has 9 nitrogen and oxygen atoms in total. The molecule has 0 saturated carbocycles.